The smallest absolute Gasteiger partial charge is 0.382 e. The summed E-state index contributed by atoms with van der Waals surface area (Å²) in [6, 6.07) is 6.42. The van der Waals surface area contributed by atoms with Crippen LogP contribution in [0.4, 0.5) is 13.2 Å². The van der Waals surface area contributed by atoms with Gasteiger partial charge < -0.3 is 4.84 Å². The van der Waals surface area contributed by atoms with Gasteiger partial charge in [-0.15, -0.1) is 0 Å². The van der Waals surface area contributed by atoms with Crippen LogP contribution >= 0.6 is 11.6 Å². The van der Waals surface area contributed by atoms with E-state index < -0.39 is 12.3 Å². The average molecular weight is 250 g/mol. The van der Waals surface area contributed by atoms with Crippen LogP contribution in [0.15, 0.2) is 29.4 Å². The van der Waals surface area contributed by atoms with Crippen LogP contribution in [0.5, 0.6) is 0 Å². The van der Waals surface area contributed by atoms with Crippen molar-refractivity contribution < 1.29 is 18.0 Å². The van der Waals surface area contributed by atoms with Gasteiger partial charge >= 0.3 is 6.18 Å². The topological polar surface area (TPSA) is 21.6 Å². The summed E-state index contributed by atoms with van der Waals surface area (Å²) in [7, 11) is 0. The van der Waals surface area contributed by atoms with Crippen LogP contribution in [-0.4, -0.2) is 18.0 Å². The molecule has 1 heterocycles. The summed E-state index contributed by atoms with van der Waals surface area (Å²) in [6.07, 6.45) is -6.47. The van der Waals surface area contributed by atoms with E-state index in [9.17, 15) is 13.2 Å². The third kappa shape index (κ3) is 2.29. The molecule has 0 spiro atoms. The van der Waals surface area contributed by atoms with Crippen molar-refractivity contribution in [2.75, 3.05) is 0 Å². The molecule has 0 saturated heterocycles. The van der Waals surface area contributed by atoms with E-state index in [2.05, 4.69) is 9.99 Å². The Balaban J connectivity index is 2.12. The fraction of sp³-hybridized carbons (Fsp3) is 0.300. The van der Waals surface area contributed by atoms with Crippen molar-refractivity contribution in [2.24, 2.45) is 5.16 Å². The lowest BCUT2D eigenvalue weighted by atomic mass is 10.1. The number of benzene rings is 1. The maximum Gasteiger partial charge on any atom is 0.428 e. The minimum Gasteiger partial charge on any atom is -0.382 e. The van der Waals surface area contributed by atoms with Crippen LogP contribution in [-0.2, 0) is 4.84 Å². The normalized spacial score (nSPS) is 20.5. The van der Waals surface area contributed by atoms with E-state index in [1.165, 1.54) is 0 Å². The first-order chi connectivity index (χ1) is 7.47. The van der Waals surface area contributed by atoms with Crippen molar-refractivity contribution in [3.8, 4) is 0 Å². The first-order valence-electron chi connectivity index (χ1n) is 4.52. The van der Waals surface area contributed by atoms with Gasteiger partial charge in [-0.2, -0.15) is 13.2 Å². The van der Waals surface area contributed by atoms with Crippen LogP contribution in [0, 0.1) is 0 Å². The quantitative estimate of drug-likeness (QED) is 0.748. The molecule has 0 amide bonds. The highest BCUT2D eigenvalue weighted by Crippen LogP contribution is 2.30. The summed E-state index contributed by atoms with van der Waals surface area (Å²) >= 11 is 5.67. The summed E-state index contributed by atoms with van der Waals surface area (Å²) in [5.74, 6) is 0. The molecule has 1 aromatic rings. The lowest BCUT2D eigenvalue weighted by molar-refractivity contribution is -0.212. The zero-order valence-electron chi connectivity index (χ0n) is 7.96. The van der Waals surface area contributed by atoms with Crippen molar-refractivity contribution in [1.82, 2.24) is 0 Å². The standard InChI is InChI=1S/C10H7ClF3NO/c11-7-3-1-6(2-4-7)8-5-9(16-15-8)10(12,13)14/h1-4,9H,5H2. The van der Waals surface area contributed by atoms with E-state index in [-0.39, 0.29) is 6.42 Å². The Morgan fingerprint density at radius 3 is 2.38 bits per heavy atom. The highest BCUT2D eigenvalue weighted by atomic mass is 35.5. The zero-order chi connectivity index (χ0) is 11.8. The number of nitrogens with zero attached hydrogens (tertiary/aromatic N) is 1. The third-order valence-electron chi connectivity index (χ3n) is 2.21. The van der Waals surface area contributed by atoms with E-state index in [1.807, 2.05) is 0 Å². The molecule has 0 fully saturated rings. The maximum absolute atomic E-state index is 12.3. The molecule has 0 aliphatic carbocycles. The van der Waals surface area contributed by atoms with Crippen molar-refractivity contribution in [1.29, 1.82) is 0 Å². The fourth-order valence-electron chi connectivity index (χ4n) is 1.37. The molecule has 16 heavy (non-hydrogen) atoms. The first-order valence-corrected chi connectivity index (χ1v) is 4.90. The van der Waals surface area contributed by atoms with Gasteiger partial charge in [-0.1, -0.05) is 28.9 Å². The molecule has 0 saturated carbocycles. The molecule has 0 aromatic heterocycles. The van der Waals surface area contributed by atoms with Crippen LogP contribution < -0.4 is 0 Å². The van der Waals surface area contributed by atoms with Gasteiger partial charge in [0.15, 0.2) is 0 Å². The minimum absolute atomic E-state index is 0.259. The predicted molar refractivity (Wildman–Crippen MR) is 53.5 cm³/mol. The molecule has 2 nitrogen and oxygen atoms in total. The van der Waals surface area contributed by atoms with Gasteiger partial charge in [-0.25, -0.2) is 0 Å². The van der Waals surface area contributed by atoms with E-state index >= 15 is 0 Å². The SMILES string of the molecule is FC(F)(F)C1CC(c2ccc(Cl)cc2)=NO1. The van der Waals surface area contributed by atoms with Crippen molar-refractivity contribution in [3.63, 3.8) is 0 Å². The van der Waals surface area contributed by atoms with Crippen LogP contribution in [0.2, 0.25) is 5.02 Å². The van der Waals surface area contributed by atoms with Gasteiger partial charge in [0, 0.05) is 11.4 Å². The Labute approximate surface area is 94.6 Å². The second-order valence-corrected chi connectivity index (χ2v) is 3.82. The monoisotopic (exact) mass is 249 g/mol. The van der Waals surface area contributed by atoms with E-state index in [0.717, 1.165) is 0 Å². The predicted octanol–water partition coefficient (Wildman–Crippen LogP) is 3.40. The molecule has 0 N–H and O–H groups in total. The molecular weight excluding hydrogens is 243 g/mol. The Morgan fingerprint density at radius 2 is 1.88 bits per heavy atom. The largest absolute Gasteiger partial charge is 0.428 e. The van der Waals surface area contributed by atoms with Crippen LogP contribution in [0.25, 0.3) is 0 Å². The van der Waals surface area contributed by atoms with Gasteiger partial charge in [-0.05, 0) is 17.7 Å². The van der Waals surface area contributed by atoms with E-state index in [1.54, 1.807) is 24.3 Å². The zero-order valence-corrected chi connectivity index (χ0v) is 8.72. The van der Waals surface area contributed by atoms with Gasteiger partial charge in [0.25, 0.3) is 0 Å². The molecule has 6 heteroatoms. The van der Waals surface area contributed by atoms with Gasteiger partial charge in [0.05, 0.1) is 5.71 Å². The third-order valence-corrected chi connectivity index (χ3v) is 2.46. The lowest BCUT2D eigenvalue weighted by Crippen LogP contribution is -2.28. The summed E-state index contributed by atoms with van der Waals surface area (Å²) < 4.78 is 36.9. The molecule has 1 atom stereocenters. The fourth-order valence-corrected chi connectivity index (χ4v) is 1.49. The summed E-state index contributed by atoms with van der Waals surface area (Å²) in [5.41, 5.74) is 0.884. The second kappa shape index (κ2) is 3.97. The lowest BCUT2D eigenvalue weighted by Gasteiger charge is -2.11. The summed E-state index contributed by atoms with van der Waals surface area (Å²) in [4.78, 5) is 4.34. The first kappa shape index (κ1) is 11.3. The minimum atomic E-state index is -4.38. The Hall–Kier alpha value is -1.23. The van der Waals surface area contributed by atoms with Crippen molar-refractivity contribution >= 4 is 17.3 Å². The molecule has 0 radical (unpaired) electrons. The molecule has 86 valence electrons. The highest BCUT2D eigenvalue weighted by Gasteiger charge is 2.45. The molecule has 1 aliphatic heterocycles. The summed E-state index contributed by atoms with van der Waals surface area (Å²) in [6.45, 7) is 0. The van der Waals surface area contributed by atoms with Gasteiger partial charge in [0.1, 0.15) is 0 Å². The Kier molecular flexibility index (Phi) is 2.80. The van der Waals surface area contributed by atoms with Crippen molar-refractivity contribution in [2.45, 2.75) is 18.7 Å². The number of hydrogen-bond acceptors (Lipinski definition) is 2. The van der Waals surface area contributed by atoms with Gasteiger partial charge in [0.2, 0.25) is 6.10 Å². The Bertz CT molecular complexity index is 413. The van der Waals surface area contributed by atoms with Crippen molar-refractivity contribution in [3.05, 3.63) is 34.9 Å². The molecule has 1 aliphatic rings. The van der Waals surface area contributed by atoms with E-state index in [4.69, 9.17) is 11.6 Å². The van der Waals surface area contributed by atoms with Crippen LogP contribution in [0.3, 0.4) is 0 Å². The van der Waals surface area contributed by atoms with Gasteiger partial charge in [-0.3, -0.25) is 0 Å². The number of oxime groups is 1. The number of alkyl halides is 3. The molecule has 1 aromatic carbocycles. The average Bonchev–Trinajstić information content (AvgIpc) is 2.67. The van der Waals surface area contributed by atoms with Crippen LogP contribution in [0.1, 0.15) is 12.0 Å². The Morgan fingerprint density at radius 1 is 1.25 bits per heavy atom. The molecular formula is C10H7ClF3NO. The maximum atomic E-state index is 12.3. The number of halogens is 4. The molecule has 0 bridgehead atoms. The second-order valence-electron chi connectivity index (χ2n) is 3.38. The number of rotatable bonds is 1. The summed E-state index contributed by atoms with van der Waals surface area (Å²) in [5, 5.41) is 3.96. The van der Waals surface area contributed by atoms with E-state index in [0.29, 0.717) is 16.3 Å². The molecule has 1 unspecified atom stereocenters. The number of hydrogen-bond donors (Lipinski definition) is 0. The molecule has 2 rings (SSSR count). The highest BCUT2D eigenvalue weighted by molar-refractivity contribution is 6.30.